The Morgan fingerprint density at radius 1 is 1.61 bits per heavy atom. The average molecular weight is 244 g/mol. The number of nitrogens with one attached hydrogen (secondary N) is 1. The van der Waals surface area contributed by atoms with Gasteiger partial charge in [0.25, 0.3) is 5.91 Å². The highest BCUT2D eigenvalue weighted by molar-refractivity contribution is 6.04. The quantitative estimate of drug-likeness (QED) is 0.893. The molecule has 6 nitrogen and oxygen atoms in total. The number of rotatable bonds is 3. The van der Waals surface area contributed by atoms with E-state index in [4.69, 9.17) is 9.68 Å². The van der Waals surface area contributed by atoms with Gasteiger partial charge in [0, 0.05) is 12.3 Å². The Labute approximate surface area is 104 Å². The fraction of sp³-hybridized carbons (Fsp3) is 0.250. The molecule has 0 saturated heterocycles. The molecule has 0 fully saturated rings. The summed E-state index contributed by atoms with van der Waals surface area (Å²) in [5.74, 6) is 1.40. The van der Waals surface area contributed by atoms with E-state index in [-0.39, 0.29) is 12.5 Å². The third-order valence-corrected chi connectivity index (χ3v) is 2.40. The van der Waals surface area contributed by atoms with Gasteiger partial charge in [-0.25, -0.2) is 0 Å². The lowest BCUT2D eigenvalue weighted by Crippen LogP contribution is -2.13. The summed E-state index contributed by atoms with van der Waals surface area (Å²) >= 11 is 0. The van der Waals surface area contributed by atoms with Gasteiger partial charge < -0.3 is 9.73 Å². The maximum absolute atomic E-state index is 11.9. The van der Waals surface area contributed by atoms with Gasteiger partial charge in [0.15, 0.2) is 5.82 Å². The number of anilines is 1. The van der Waals surface area contributed by atoms with E-state index in [1.54, 1.807) is 32.2 Å². The minimum Gasteiger partial charge on any atom is -0.466 e. The second-order valence-electron chi connectivity index (χ2n) is 3.84. The molecule has 6 heteroatoms. The predicted molar refractivity (Wildman–Crippen MR) is 64.0 cm³/mol. The maximum Gasteiger partial charge on any atom is 0.260 e. The number of carbonyl (C=O) groups is 1. The van der Waals surface area contributed by atoms with Crippen molar-refractivity contribution >= 4 is 11.7 Å². The Balaban J connectivity index is 2.11. The van der Waals surface area contributed by atoms with Gasteiger partial charge in [0.2, 0.25) is 0 Å². The molecule has 1 N–H and O–H groups in total. The summed E-state index contributed by atoms with van der Waals surface area (Å²) in [7, 11) is 0. The highest BCUT2D eigenvalue weighted by Gasteiger charge is 2.14. The molecular weight excluding hydrogens is 232 g/mol. The van der Waals surface area contributed by atoms with Crippen molar-refractivity contribution in [3.8, 4) is 6.07 Å². The molecule has 0 atom stereocenters. The Morgan fingerprint density at radius 3 is 3.00 bits per heavy atom. The number of nitriles is 1. The molecule has 92 valence electrons. The summed E-state index contributed by atoms with van der Waals surface area (Å²) in [4.78, 5) is 11.9. The van der Waals surface area contributed by atoms with E-state index in [2.05, 4.69) is 10.4 Å². The molecule has 0 aliphatic carbocycles. The Morgan fingerprint density at radius 2 is 2.39 bits per heavy atom. The van der Waals surface area contributed by atoms with E-state index in [1.165, 1.54) is 4.68 Å². The summed E-state index contributed by atoms with van der Waals surface area (Å²) in [5.41, 5.74) is 0.488. The number of hydrogen-bond donors (Lipinski definition) is 1. The van der Waals surface area contributed by atoms with Crippen LogP contribution in [0.3, 0.4) is 0 Å². The van der Waals surface area contributed by atoms with E-state index in [1.807, 2.05) is 6.07 Å². The van der Waals surface area contributed by atoms with Crippen molar-refractivity contribution in [3.63, 3.8) is 0 Å². The summed E-state index contributed by atoms with van der Waals surface area (Å²) < 4.78 is 6.74. The van der Waals surface area contributed by atoms with E-state index in [0.29, 0.717) is 22.9 Å². The third-order valence-electron chi connectivity index (χ3n) is 2.40. The topological polar surface area (TPSA) is 83.9 Å². The van der Waals surface area contributed by atoms with Crippen molar-refractivity contribution < 1.29 is 9.21 Å². The van der Waals surface area contributed by atoms with Crippen LogP contribution in [0.2, 0.25) is 0 Å². The molecule has 0 saturated carbocycles. The van der Waals surface area contributed by atoms with Crippen LogP contribution in [0.1, 0.15) is 21.9 Å². The zero-order chi connectivity index (χ0) is 13.1. The summed E-state index contributed by atoms with van der Waals surface area (Å²) in [5, 5.41) is 15.2. The van der Waals surface area contributed by atoms with Gasteiger partial charge in [0.1, 0.15) is 18.1 Å². The highest BCUT2D eigenvalue weighted by atomic mass is 16.3. The number of hydrogen-bond acceptors (Lipinski definition) is 4. The lowest BCUT2D eigenvalue weighted by atomic mass is 10.2. The van der Waals surface area contributed by atoms with Gasteiger partial charge in [0.05, 0.1) is 11.6 Å². The molecule has 2 heterocycles. The number of nitrogens with zero attached hydrogens (tertiary/aromatic N) is 3. The minimum absolute atomic E-state index is 0.152. The van der Waals surface area contributed by atoms with Crippen LogP contribution in [-0.4, -0.2) is 15.7 Å². The van der Waals surface area contributed by atoms with Crippen LogP contribution in [-0.2, 0) is 6.54 Å². The molecule has 0 bridgehead atoms. The van der Waals surface area contributed by atoms with Crippen LogP contribution >= 0.6 is 0 Å². The van der Waals surface area contributed by atoms with Crippen molar-refractivity contribution in [2.75, 3.05) is 5.32 Å². The first-order chi connectivity index (χ1) is 8.60. The number of aromatic nitrogens is 2. The monoisotopic (exact) mass is 244 g/mol. The van der Waals surface area contributed by atoms with Crippen LogP contribution in [0.25, 0.3) is 0 Å². The first kappa shape index (κ1) is 11.9. The Hall–Kier alpha value is -2.55. The molecule has 0 aromatic carbocycles. The first-order valence-electron chi connectivity index (χ1n) is 5.39. The largest absolute Gasteiger partial charge is 0.466 e. The second kappa shape index (κ2) is 4.75. The zero-order valence-electron chi connectivity index (χ0n) is 10.1. The van der Waals surface area contributed by atoms with Crippen molar-refractivity contribution in [1.82, 2.24) is 9.78 Å². The third kappa shape index (κ3) is 2.40. The molecular formula is C12H12N4O2. The van der Waals surface area contributed by atoms with Crippen LogP contribution in [0.15, 0.2) is 22.7 Å². The SMILES string of the molecule is Cc1cc(C(=O)Nc2ccn(CC#N)n2)c(C)o1. The number of furan rings is 1. The van der Waals surface area contributed by atoms with Crippen molar-refractivity contribution in [1.29, 1.82) is 5.26 Å². The second-order valence-corrected chi connectivity index (χ2v) is 3.84. The maximum atomic E-state index is 11.9. The molecule has 0 aliphatic heterocycles. The summed E-state index contributed by atoms with van der Waals surface area (Å²) in [6, 6.07) is 5.28. The first-order valence-corrected chi connectivity index (χ1v) is 5.39. The molecule has 1 amide bonds. The van der Waals surface area contributed by atoms with E-state index in [0.717, 1.165) is 0 Å². The Kier molecular flexibility index (Phi) is 3.15. The van der Waals surface area contributed by atoms with Crippen LogP contribution < -0.4 is 5.32 Å². The number of aryl methyl sites for hydroxylation is 2. The van der Waals surface area contributed by atoms with E-state index >= 15 is 0 Å². The molecule has 0 unspecified atom stereocenters. The molecule has 2 aromatic rings. The molecule has 18 heavy (non-hydrogen) atoms. The van der Waals surface area contributed by atoms with Gasteiger partial charge >= 0.3 is 0 Å². The molecule has 2 aromatic heterocycles. The minimum atomic E-state index is -0.272. The smallest absolute Gasteiger partial charge is 0.260 e. The van der Waals surface area contributed by atoms with Crippen LogP contribution in [0.5, 0.6) is 0 Å². The van der Waals surface area contributed by atoms with Gasteiger partial charge in [-0.3, -0.25) is 9.48 Å². The van der Waals surface area contributed by atoms with E-state index in [9.17, 15) is 4.79 Å². The Bertz CT molecular complexity index is 618. The molecule has 2 rings (SSSR count). The van der Waals surface area contributed by atoms with Crippen molar-refractivity contribution in [2.45, 2.75) is 20.4 Å². The lowest BCUT2D eigenvalue weighted by molar-refractivity contribution is 0.102. The molecule has 0 radical (unpaired) electrons. The summed E-state index contributed by atoms with van der Waals surface area (Å²) in [6.45, 7) is 3.67. The predicted octanol–water partition coefficient (Wildman–Crippen LogP) is 1.87. The van der Waals surface area contributed by atoms with Crippen molar-refractivity contribution in [3.05, 3.63) is 35.4 Å². The van der Waals surface area contributed by atoms with E-state index < -0.39 is 0 Å². The molecule has 0 aliphatic rings. The normalized spacial score (nSPS) is 10.1. The molecule has 0 spiro atoms. The zero-order valence-corrected chi connectivity index (χ0v) is 10.1. The van der Waals surface area contributed by atoms with Gasteiger partial charge in [-0.1, -0.05) is 0 Å². The number of amides is 1. The standard InChI is InChI=1S/C12H12N4O2/c1-8-7-10(9(2)18-8)12(17)14-11-3-5-16(15-11)6-4-13/h3,5,7H,6H2,1-2H3,(H,14,15,17). The van der Waals surface area contributed by atoms with Crippen molar-refractivity contribution in [2.24, 2.45) is 0 Å². The van der Waals surface area contributed by atoms with Crippen LogP contribution in [0, 0.1) is 25.2 Å². The fourth-order valence-electron chi connectivity index (χ4n) is 1.63. The number of carbonyl (C=O) groups excluding carboxylic acids is 1. The van der Waals surface area contributed by atoms with Crippen LogP contribution in [0.4, 0.5) is 5.82 Å². The van der Waals surface area contributed by atoms with Gasteiger partial charge in [-0.2, -0.15) is 10.4 Å². The van der Waals surface area contributed by atoms with Gasteiger partial charge in [-0.15, -0.1) is 0 Å². The summed E-state index contributed by atoms with van der Waals surface area (Å²) in [6.07, 6.45) is 1.63. The van der Waals surface area contributed by atoms with Gasteiger partial charge in [-0.05, 0) is 19.9 Å². The highest BCUT2D eigenvalue weighted by Crippen LogP contribution is 2.15. The fourth-order valence-corrected chi connectivity index (χ4v) is 1.63. The lowest BCUT2D eigenvalue weighted by Gasteiger charge is -1.99. The average Bonchev–Trinajstić information content (AvgIpc) is 2.86.